The van der Waals surface area contributed by atoms with Gasteiger partial charge >= 0.3 is 0 Å². The maximum absolute atomic E-state index is 4.76. The number of nitrogens with zero attached hydrogens (tertiary/aromatic N) is 7. The molecule has 0 bridgehead atoms. The summed E-state index contributed by atoms with van der Waals surface area (Å²) in [7, 11) is 2.21. The first-order valence-corrected chi connectivity index (χ1v) is 12.9. The number of nitrogens with one attached hydrogen (secondary N) is 1. The molecular weight excluding hydrogens is 436 g/mol. The molecular formula is C27H36N8. The van der Waals surface area contributed by atoms with E-state index in [0.29, 0.717) is 23.9 Å². The van der Waals surface area contributed by atoms with Gasteiger partial charge in [0.05, 0.1) is 11.7 Å². The Morgan fingerprint density at radius 2 is 1.86 bits per heavy atom. The van der Waals surface area contributed by atoms with Crippen LogP contribution < -0.4 is 5.32 Å². The van der Waals surface area contributed by atoms with Crippen molar-refractivity contribution in [2.24, 2.45) is 10.9 Å². The van der Waals surface area contributed by atoms with Gasteiger partial charge in [0.2, 0.25) is 5.95 Å². The molecule has 35 heavy (non-hydrogen) atoms. The largest absolute Gasteiger partial charge is 0.350 e. The van der Waals surface area contributed by atoms with Gasteiger partial charge in [-0.1, -0.05) is 13.8 Å². The average molecular weight is 473 g/mol. The molecule has 0 amide bonds. The molecule has 1 saturated heterocycles. The Bertz CT molecular complexity index is 1280. The van der Waals surface area contributed by atoms with Crippen molar-refractivity contribution in [3.63, 3.8) is 0 Å². The second kappa shape index (κ2) is 8.38. The predicted octanol–water partition coefficient (Wildman–Crippen LogP) is 4.00. The SMILES string of the molecule is CC1=Nc2ncc(-c3ccn4nc(NC5CC(N6CCN(C)CC6)C5)ncc34)cc2C1(C)C(C)C. The van der Waals surface area contributed by atoms with Crippen molar-refractivity contribution in [1.29, 1.82) is 0 Å². The molecule has 1 atom stereocenters. The lowest BCUT2D eigenvalue weighted by Gasteiger charge is -2.46. The maximum atomic E-state index is 4.76. The summed E-state index contributed by atoms with van der Waals surface area (Å²) in [5.41, 5.74) is 5.43. The Labute approximate surface area is 207 Å². The number of hydrogen-bond donors (Lipinski definition) is 1. The van der Waals surface area contributed by atoms with E-state index in [1.54, 1.807) is 0 Å². The van der Waals surface area contributed by atoms with Crippen LogP contribution in [0.5, 0.6) is 0 Å². The number of hydrogen-bond acceptors (Lipinski definition) is 7. The first kappa shape index (κ1) is 22.6. The molecule has 0 aromatic carbocycles. The normalized spacial score (nSPS) is 27.2. The third kappa shape index (κ3) is 3.74. The van der Waals surface area contributed by atoms with Crippen molar-refractivity contribution in [2.45, 2.75) is 58.0 Å². The number of anilines is 1. The first-order chi connectivity index (χ1) is 16.8. The zero-order chi connectivity index (χ0) is 24.3. The van der Waals surface area contributed by atoms with Crippen LogP contribution in [0, 0.1) is 5.92 Å². The van der Waals surface area contributed by atoms with Crippen LogP contribution in [-0.4, -0.2) is 80.4 Å². The summed E-state index contributed by atoms with van der Waals surface area (Å²) in [4.78, 5) is 19.2. The lowest BCUT2D eigenvalue weighted by Crippen LogP contribution is -2.55. The van der Waals surface area contributed by atoms with Gasteiger partial charge in [0.15, 0.2) is 5.82 Å². The number of rotatable bonds is 5. The number of aromatic nitrogens is 4. The van der Waals surface area contributed by atoms with Gasteiger partial charge in [-0.3, -0.25) is 4.90 Å². The van der Waals surface area contributed by atoms with E-state index in [0.717, 1.165) is 28.2 Å². The van der Waals surface area contributed by atoms with Crippen LogP contribution in [0.4, 0.5) is 11.8 Å². The second-order valence-corrected chi connectivity index (χ2v) is 11.1. The third-order valence-corrected chi connectivity index (χ3v) is 8.83. The molecule has 0 radical (unpaired) electrons. The number of fused-ring (bicyclic) bond motifs is 2. The van der Waals surface area contributed by atoms with E-state index in [1.165, 1.54) is 44.6 Å². The van der Waals surface area contributed by atoms with E-state index in [4.69, 9.17) is 15.1 Å². The zero-order valence-corrected chi connectivity index (χ0v) is 21.5. The van der Waals surface area contributed by atoms with Gasteiger partial charge in [0.25, 0.3) is 0 Å². The van der Waals surface area contributed by atoms with Gasteiger partial charge in [-0.05, 0) is 51.8 Å². The Morgan fingerprint density at radius 3 is 2.60 bits per heavy atom. The van der Waals surface area contributed by atoms with E-state index in [1.807, 2.05) is 23.1 Å². The molecule has 2 fully saturated rings. The molecule has 8 heteroatoms. The Kier molecular flexibility index (Phi) is 5.41. The molecule has 1 unspecified atom stereocenters. The van der Waals surface area contributed by atoms with E-state index < -0.39 is 0 Å². The van der Waals surface area contributed by atoms with Gasteiger partial charge in [-0.15, -0.1) is 5.10 Å². The molecule has 1 saturated carbocycles. The average Bonchev–Trinajstić information content (AvgIpc) is 3.35. The summed E-state index contributed by atoms with van der Waals surface area (Å²) in [6.45, 7) is 13.6. The monoisotopic (exact) mass is 472 g/mol. The van der Waals surface area contributed by atoms with Crippen LogP contribution in [0.15, 0.2) is 35.7 Å². The highest BCUT2D eigenvalue weighted by Crippen LogP contribution is 2.45. The van der Waals surface area contributed by atoms with Crippen molar-refractivity contribution < 1.29 is 0 Å². The standard InChI is InChI=1S/C27H36N8/c1-17(2)27(4)18(3)30-25-23(27)12-19(15-28-25)22-6-7-35-24(22)16-29-26(32-35)31-20-13-21(14-20)34-10-8-33(5)9-11-34/h6-7,12,15-17,20-21H,8-11,13-14H2,1-5H3,(H,31,32). The quantitative estimate of drug-likeness (QED) is 0.605. The number of piperazine rings is 1. The van der Waals surface area contributed by atoms with Gasteiger partial charge in [-0.25, -0.2) is 19.5 Å². The van der Waals surface area contributed by atoms with E-state index >= 15 is 0 Å². The van der Waals surface area contributed by atoms with Crippen LogP contribution in [0.25, 0.3) is 16.6 Å². The molecule has 184 valence electrons. The molecule has 3 aliphatic rings. The fourth-order valence-electron chi connectivity index (χ4n) is 5.86. The van der Waals surface area contributed by atoms with Crippen LogP contribution in [0.3, 0.4) is 0 Å². The van der Waals surface area contributed by atoms with Crippen LogP contribution in [-0.2, 0) is 5.41 Å². The number of aliphatic imine (C=N–C) groups is 1. The molecule has 5 heterocycles. The topological polar surface area (TPSA) is 74.0 Å². The molecule has 2 aliphatic heterocycles. The summed E-state index contributed by atoms with van der Waals surface area (Å²) in [5, 5.41) is 8.31. The van der Waals surface area contributed by atoms with Gasteiger partial charge in [0.1, 0.15) is 0 Å². The molecule has 6 rings (SSSR count). The van der Waals surface area contributed by atoms with E-state index in [9.17, 15) is 0 Å². The summed E-state index contributed by atoms with van der Waals surface area (Å²) >= 11 is 0. The molecule has 3 aromatic rings. The highest BCUT2D eigenvalue weighted by Gasteiger charge is 2.40. The maximum Gasteiger partial charge on any atom is 0.241 e. The lowest BCUT2D eigenvalue weighted by atomic mass is 9.71. The third-order valence-electron chi connectivity index (χ3n) is 8.83. The molecule has 8 nitrogen and oxygen atoms in total. The Hall–Kier alpha value is -2.84. The highest BCUT2D eigenvalue weighted by molar-refractivity contribution is 6.00. The van der Waals surface area contributed by atoms with Crippen LogP contribution in [0.2, 0.25) is 0 Å². The fraction of sp³-hybridized carbons (Fsp3) is 0.556. The minimum absolute atomic E-state index is 0.0910. The predicted molar refractivity (Wildman–Crippen MR) is 141 cm³/mol. The molecule has 1 N–H and O–H groups in total. The molecule has 0 spiro atoms. The highest BCUT2D eigenvalue weighted by atomic mass is 15.3. The van der Waals surface area contributed by atoms with Gasteiger partial charge < -0.3 is 10.2 Å². The van der Waals surface area contributed by atoms with Crippen molar-refractivity contribution in [2.75, 3.05) is 38.5 Å². The summed E-state index contributed by atoms with van der Waals surface area (Å²) in [5.74, 6) is 1.99. The van der Waals surface area contributed by atoms with Crippen molar-refractivity contribution in [3.8, 4) is 11.1 Å². The first-order valence-electron chi connectivity index (χ1n) is 12.9. The zero-order valence-electron chi connectivity index (χ0n) is 21.5. The van der Waals surface area contributed by atoms with Gasteiger partial charge in [-0.2, -0.15) is 0 Å². The molecule has 1 aliphatic carbocycles. The van der Waals surface area contributed by atoms with Crippen molar-refractivity contribution in [1.82, 2.24) is 29.4 Å². The number of likely N-dealkylation sites (N-methyl/N-ethyl adjacent to an activating group) is 1. The van der Waals surface area contributed by atoms with Crippen molar-refractivity contribution in [3.05, 3.63) is 36.3 Å². The van der Waals surface area contributed by atoms with E-state index in [2.05, 4.69) is 67.0 Å². The van der Waals surface area contributed by atoms with Gasteiger partial charge in [0, 0.05) is 78.5 Å². The Balaban J connectivity index is 1.18. The minimum atomic E-state index is -0.0910. The van der Waals surface area contributed by atoms with E-state index in [-0.39, 0.29) is 5.41 Å². The van der Waals surface area contributed by atoms with Crippen LogP contribution in [0.1, 0.15) is 46.1 Å². The minimum Gasteiger partial charge on any atom is -0.350 e. The summed E-state index contributed by atoms with van der Waals surface area (Å²) in [6, 6.07) is 5.51. The number of pyridine rings is 1. The molecule has 3 aromatic heterocycles. The van der Waals surface area contributed by atoms with Crippen molar-refractivity contribution >= 4 is 23.0 Å². The summed E-state index contributed by atoms with van der Waals surface area (Å²) < 4.78 is 1.93. The fourth-order valence-corrected chi connectivity index (χ4v) is 5.86. The smallest absolute Gasteiger partial charge is 0.241 e. The van der Waals surface area contributed by atoms with Crippen LogP contribution >= 0.6 is 0 Å². The Morgan fingerprint density at radius 1 is 1.09 bits per heavy atom. The lowest BCUT2D eigenvalue weighted by molar-refractivity contribution is 0.0656. The second-order valence-electron chi connectivity index (χ2n) is 11.1. The summed E-state index contributed by atoms with van der Waals surface area (Å²) in [6.07, 6.45) is 8.20.